The highest BCUT2D eigenvalue weighted by Gasteiger charge is 2.51. The van der Waals surface area contributed by atoms with Gasteiger partial charge in [0.1, 0.15) is 18.0 Å². The van der Waals surface area contributed by atoms with E-state index < -0.39 is 11.6 Å². The highest BCUT2D eigenvalue weighted by atomic mass is 19.2. The van der Waals surface area contributed by atoms with E-state index in [9.17, 15) is 8.78 Å². The van der Waals surface area contributed by atoms with Gasteiger partial charge in [0.2, 0.25) is 0 Å². The van der Waals surface area contributed by atoms with Gasteiger partial charge in [-0.3, -0.25) is 9.88 Å². The summed E-state index contributed by atoms with van der Waals surface area (Å²) in [5.41, 5.74) is 6.24. The van der Waals surface area contributed by atoms with Crippen molar-refractivity contribution >= 4 is 17.0 Å². The highest BCUT2D eigenvalue weighted by Crippen LogP contribution is 2.42. The standard InChI is InChI=1S/C29H30F2N6O/c1-3-22-14-33-27-12-23(9-10-37(22)27)36-18-29(19-36)16-35(17-29)15-20-5-8-26(32-13-20)28(34-38-4-2)21-6-7-24(30)25(31)11-21/h5-14H,3-4,15-19H2,1-2H3. The Balaban J connectivity index is 1.06. The van der Waals surface area contributed by atoms with Gasteiger partial charge in [0.25, 0.3) is 0 Å². The maximum atomic E-state index is 13.8. The van der Waals surface area contributed by atoms with Crippen molar-refractivity contribution < 1.29 is 13.6 Å². The molecule has 0 saturated carbocycles. The maximum absolute atomic E-state index is 13.8. The summed E-state index contributed by atoms with van der Waals surface area (Å²) in [7, 11) is 0. The van der Waals surface area contributed by atoms with E-state index in [1.165, 1.54) is 17.4 Å². The molecule has 0 bridgehead atoms. The summed E-state index contributed by atoms with van der Waals surface area (Å²) in [6.07, 6.45) is 6.87. The third-order valence-corrected chi connectivity index (χ3v) is 7.42. The van der Waals surface area contributed by atoms with E-state index >= 15 is 0 Å². The van der Waals surface area contributed by atoms with E-state index in [4.69, 9.17) is 4.84 Å². The second-order valence-electron chi connectivity index (χ2n) is 10.3. The molecule has 196 valence electrons. The SMILES string of the molecule is CCON=C(c1ccc(F)c(F)c1)c1ccc(CN2CC3(C2)CN(c2ccn4c(CC)cnc4c2)C3)cn1. The van der Waals surface area contributed by atoms with Gasteiger partial charge in [0.05, 0.1) is 5.69 Å². The molecule has 0 atom stereocenters. The number of rotatable bonds is 8. The summed E-state index contributed by atoms with van der Waals surface area (Å²) < 4.78 is 29.4. The zero-order valence-electron chi connectivity index (χ0n) is 21.6. The predicted octanol–water partition coefficient (Wildman–Crippen LogP) is 4.68. The van der Waals surface area contributed by atoms with E-state index in [-0.39, 0.29) is 0 Å². The third-order valence-electron chi connectivity index (χ3n) is 7.42. The van der Waals surface area contributed by atoms with Crippen LogP contribution in [0.5, 0.6) is 0 Å². The summed E-state index contributed by atoms with van der Waals surface area (Å²) in [4.78, 5) is 19.2. The number of likely N-dealkylation sites (tertiary alicyclic amines) is 1. The molecule has 0 N–H and O–H groups in total. The first kappa shape index (κ1) is 24.5. The molecular weight excluding hydrogens is 486 g/mol. The normalized spacial score (nSPS) is 17.1. The Morgan fingerprint density at radius 1 is 0.974 bits per heavy atom. The van der Waals surface area contributed by atoms with Crippen molar-refractivity contribution in [1.82, 2.24) is 19.3 Å². The molecule has 2 aliphatic heterocycles. The molecule has 38 heavy (non-hydrogen) atoms. The van der Waals surface area contributed by atoms with Crippen LogP contribution in [0.4, 0.5) is 14.5 Å². The summed E-state index contributed by atoms with van der Waals surface area (Å²) in [5, 5.41) is 4.11. The van der Waals surface area contributed by atoms with Crippen LogP contribution >= 0.6 is 0 Å². The zero-order valence-corrected chi connectivity index (χ0v) is 21.6. The monoisotopic (exact) mass is 516 g/mol. The molecule has 1 spiro atoms. The van der Waals surface area contributed by atoms with Gasteiger partial charge in [-0.15, -0.1) is 0 Å². The largest absolute Gasteiger partial charge is 0.396 e. The number of fused-ring (bicyclic) bond motifs is 1. The van der Waals surface area contributed by atoms with Crippen molar-refractivity contribution in [3.05, 3.63) is 95.2 Å². The lowest BCUT2D eigenvalue weighted by Gasteiger charge is -2.61. The number of oxime groups is 1. The van der Waals surface area contributed by atoms with E-state index in [2.05, 4.69) is 54.6 Å². The van der Waals surface area contributed by atoms with Gasteiger partial charge in [-0.05, 0) is 49.2 Å². The molecule has 3 aromatic heterocycles. The number of halogens is 2. The van der Waals surface area contributed by atoms with Crippen molar-refractivity contribution in [3.8, 4) is 0 Å². The second kappa shape index (κ2) is 9.79. The molecule has 0 unspecified atom stereocenters. The fraction of sp³-hybridized carbons (Fsp3) is 0.345. The Labute approximate surface area is 220 Å². The fourth-order valence-electron chi connectivity index (χ4n) is 5.58. The highest BCUT2D eigenvalue weighted by molar-refractivity contribution is 6.11. The molecule has 0 radical (unpaired) electrons. The van der Waals surface area contributed by atoms with Crippen molar-refractivity contribution in [2.24, 2.45) is 10.6 Å². The molecule has 6 rings (SSSR count). The Kier molecular flexibility index (Phi) is 6.31. The van der Waals surface area contributed by atoms with E-state index in [0.29, 0.717) is 29.0 Å². The maximum Gasteiger partial charge on any atom is 0.159 e. The fourth-order valence-corrected chi connectivity index (χ4v) is 5.58. The Bertz CT molecular complexity index is 1480. The van der Waals surface area contributed by atoms with Crippen LogP contribution in [-0.2, 0) is 17.8 Å². The summed E-state index contributed by atoms with van der Waals surface area (Å²) >= 11 is 0. The molecule has 1 aromatic carbocycles. The van der Waals surface area contributed by atoms with Gasteiger partial charge < -0.3 is 14.1 Å². The summed E-state index contributed by atoms with van der Waals surface area (Å²) in [6.45, 7) is 9.37. The molecule has 4 aromatic rings. The van der Waals surface area contributed by atoms with Gasteiger partial charge in [-0.2, -0.15) is 0 Å². The van der Waals surface area contributed by atoms with Gasteiger partial charge >= 0.3 is 0 Å². The first-order valence-corrected chi connectivity index (χ1v) is 13.0. The molecule has 2 aliphatic rings. The van der Waals surface area contributed by atoms with Crippen LogP contribution in [0.15, 0.2) is 66.2 Å². The molecule has 2 saturated heterocycles. The van der Waals surface area contributed by atoms with E-state index in [0.717, 1.165) is 62.5 Å². The van der Waals surface area contributed by atoms with Crippen LogP contribution in [0.3, 0.4) is 0 Å². The lowest BCUT2D eigenvalue weighted by molar-refractivity contribution is -0.0273. The van der Waals surface area contributed by atoms with Crippen molar-refractivity contribution in [2.75, 3.05) is 37.7 Å². The molecule has 2 fully saturated rings. The summed E-state index contributed by atoms with van der Waals surface area (Å²) in [6, 6.07) is 11.9. The number of benzene rings is 1. The average molecular weight is 517 g/mol. The second-order valence-corrected chi connectivity index (χ2v) is 10.3. The predicted molar refractivity (Wildman–Crippen MR) is 142 cm³/mol. The lowest BCUT2D eigenvalue weighted by Crippen LogP contribution is -2.71. The van der Waals surface area contributed by atoms with Crippen LogP contribution in [0.25, 0.3) is 5.65 Å². The molecule has 0 amide bonds. The number of aromatic nitrogens is 3. The average Bonchev–Trinajstić information content (AvgIpc) is 3.30. The first-order chi connectivity index (χ1) is 18.5. The van der Waals surface area contributed by atoms with Crippen molar-refractivity contribution in [1.29, 1.82) is 0 Å². The number of anilines is 1. The third kappa shape index (κ3) is 4.51. The number of nitrogens with zero attached hydrogens (tertiary/aromatic N) is 6. The van der Waals surface area contributed by atoms with Crippen LogP contribution in [-0.4, -0.2) is 57.8 Å². The van der Waals surface area contributed by atoms with Crippen LogP contribution in [0.1, 0.15) is 36.4 Å². The van der Waals surface area contributed by atoms with Crippen molar-refractivity contribution in [2.45, 2.75) is 26.8 Å². The van der Waals surface area contributed by atoms with Gasteiger partial charge in [-0.25, -0.2) is 13.8 Å². The minimum atomic E-state index is -0.933. The van der Waals surface area contributed by atoms with Crippen molar-refractivity contribution in [3.63, 3.8) is 0 Å². The number of pyridine rings is 2. The molecule has 7 nitrogen and oxygen atoms in total. The summed E-state index contributed by atoms with van der Waals surface area (Å²) in [5.74, 6) is -1.84. The van der Waals surface area contributed by atoms with Gasteiger partial charge in [0.15, 0.2) is 11.6 Å². The first-order valence-electron chi connectivity index (χ1n) is 13.0. The molecule has 9 heteroatoms. The van der Waals surface area contributed by atoms with Gasteiger partial charge in [-0.1, -0.05) is 18.1 Å². The smallest absolute Gasteiger partial charge is 0.159 e. The lowest BCUT2D eigenvalue weighted by atomic mass is 9.72. The van der Waals surface area contributed by atoms with Gasteiger partial charge in [0, 0.05) is 79.7 Å². The van der Waals surface area contributed by atoms with Crippen LogP contribution in [0, 0.1) is 17.0 Å². The minimum Gasteiger partial charge on any atom is -0.396 e. The zero-order chi connectivity index (χ0) is 26.3. The van der Waals surface area contributed by atoms with E-state index in [1.54, 1.807) is 0 Å². The number of hydrogen-bond acceptors (Lipinski definition) is 6. The molecule has 0 aliphatic carbocycles. The molecule has 5 heterocycles. The number of aryl methyl sites for hydroxylation is 1. The number of imidazole rings is 1. The number of hydrogen-bond donors (Lipinski definition) is 0. The van der Waals surface area contributed by atoms with E-state index in [1.807, 2.05) is 31.5 Å². The van der Waals surface area contributed by atoms with Crippen LogP contribution in [0.2, 0.25) is 0 Å². The Morgan fingerprint density at radius 3 is 2.53 bits per heavy atom. The Hall–Kier alpha value is -3.85. The quantitative estimate of drug-likeness (QED) is 0.251. The molecular formula is C29H30F2N6O. The minimum absolute atomic E-state index is 0.355. The topological polar surface area (TPSA) is 58.3 Å². The van der Waals surface area contributed by atoms with Crippen LogP contribution < -0.4 is 4.90 Å². The Morgan fingerprint density at radius 2 is 1.82 bits per heavy atom.